The molecule has 0 aliphatic rings. The monoisotopic (exact) mass is 214 g/mol. The van der Waals surface area contributed by atoms with E-state index in [0.29, 0.717) is 24.4 Å². The van der Waals surface area contributed by atoms with Crippen molar-refractivity contribution in [1.82, 2.24) is 0 Å². The van der Waals surface area contributed by atoms with Crippen LogP contribution in [0.15, 0.2) is 24.7 Å². The number of allylic oxidation sites excluding steroid dienone is 2. The van der Waals surface area contributed by atoms with Crippen LogP contribution in [0, 0.1) is 11.8 Å². The molecule has 0 rings (SSSR count). The van der Waals surface area contributed by atoms with Gasteiger partial charge in [-0.2, -0.15) is 0 Å². The number of aliphatic hydroxyl groups excluding tert-OH is 2. The molecular weight excluding hydrogens is 192 g/mol. The molecule has 0 saturated heterocycles. The second kappa shape index (κ2) is 7.49. The minimum Gasteiger partial charge on any atom is -0.467 e. The van der Waals surface area contributed by atoms with Crippen LogP contribution < -0.4 is 0 Å². The summed E-state index contributed by atoms with van der Waals surface area (Å²) in [5.74, 6) is 1.54. The average Bonchev–Trinajstić information content (AvgIpc) is 2.16. The minimum atomic E-state index is 0.127. The fourth-order valence-corrected chi connectivity index (χ4v) is 1.19. The first kappa shape index (κ1) is 14.2. The molecule has 0 heterocycles. The standard InChI is InChI=1S/C12H22O3/c1-9(7-13)5-11(3)15-12(4)6-10(2)8-14/h9-10,13-14H,3-8H2,1-2H3. The Morgan fingerprint density at radius 2 is 1.33 bits per heavy atom. The molecule has 15 heavy (non-hydrogen) atoms. The van der Waals surface area contributed by atoms with E-state index in [1.165, 1.54) is 0 Å². The van der Waals surface area contributed by atoms with E-state index in [-0.39, 0.29) is 25.0 Å². The first-order valence-corrected chi connectivity index (χ1v) is 5.24. The van der Waals surface area contributed by atoms with E-state index in [1.807, 2.05) is 13.8 Å². The van der Waals surface area contributed by atoms with Gasteiger partial charge < -0.3 is 14.9 Å². The Balaban J connectivity index is 3.81. The molecule has 0 aliphatic heterocycles. The summed E-state index contributed by atoms with van der Waals surface area (Å²) in [4.78, 5) is 0. The highest BCUT2D eigenvalue weighted by molar-refractivity contribution is 4.94. The van der Waals surface area contributed by atoms with Crippen molar-refractivity contribution >= 4 is 0 Å². The Morgan fingerprint density at radius 3 is 1.60 bits per heavy atom. The molecule has 0 fully saturated rings. The summed E-state index contributed by atoms with van der Waals surface area (Å²) in [6.45, 7) is 11.6. The molecule has 2 unspecified atom stereocenters. The molecular formula is C12H22O3. The van der Waals surface area contributed by atoms with E-state index < -0.39 is 0 Å². The molecule has 88 valence electrons. The Morgan fingerprint density at radius 1 is 1.00 bits per heavy atom. The van der Waals surface area contributed by atoms with Gasteiger partial charge in [0.2, 0.25) is 0 Å². The van der Waals surface area contributed by atoms with Gasteiger partial charge in [-0.1, -0.05) is 27.0 Å². The van der Waals surface area contributed by atoms with E-state index in [1.54, 1.807) is 0 Å². The van der Waals surface area contributed by atoms with Gasteiger partial charge >= 0.3 is 0 Å². The second-order valence-electron chi connectivity index (χ2n) is 4.16. The number of hydrogen-bond acceptors (Lipinski definition) is 3. The van der Waals surface area contributed by atoms with Gasteiger partial charge in [-0.05, 0) is 11.8 Å². The minimum absolute atomic E-state index is 0.127. The van der Waals surface area contributed by atoms with Crippen molar-refractivity contribution in [2.24, 2.45) is 11.8 Å². The molecule has 0 aromatic carbocycles. The Kier molecular flexibility index (Phi) is 7.09. The van der Waals surface area contributed by atoms with Gasteiger partial charge in [0.15, 0.2) is 0 Å². The SMILES string of the molecule is C=C(CC(C)CO)OC(=C)CC(C)CO. The summed E-state index contributed by atoms with van der Waals surface area (Å²) >= 11 is 0. The van der Waals surface area contributed by atoms with Gasteiger partial charge in [0.05, 0.1) is 11.5 Å². The molecule has 0 spiro atoms. The molecule has 0 saturated carbocycles. The molecule has 0 aromatic heterocycles. The first-order valence-electron chi connectivity index (χ1n) is 5.24. The van der Waals surface area contributed by atoms with Gasteiger partial charge in [0, 0.05) is 26.1 Å². The average molecular weight is 214 g/mol. The highest BCUT2D eigenvalue weighted by Gasteiger charge is 2.08. The van der Waals surface area contributed by atoms with Gasteiger partial charge in [-0.3, -0.25) is 0 Å². The predicted octanol–water partition coefficient (Wildman–Crippen LogP) is 2.07. The molecule has 0 aromatic rings. The fourth-order valence-electron chi connectivity index (χ4n) is 1.19. The van der Waals surface area contributed by atoms with Crippen LogP contribution in [0.5, 0.6) is 0 Å². The summed E-state index contributed by atoms with van der Waals surface area (Å²) in [6, 6.07) is 0. The normalized spacial score (nSPS) is 14.4. The topological polar surface area (TPSA) is 49.7 Å². The highest BCUT2D eigenvalue weighted by Crippen LogP contribution is 2.17. The van der Waals surface area contributed by atoms with Gasteiger partial charge in [0.25, 0.3) is 0 Å². The van der Waals surface area contributed by atoms with Crippen LogP contribution >= 0.6 is 0 Å². The number of aliphatic hydroxyl groups is 2. The van der Waals surface area contributed by atoms with Crippen LogP contribution in [0.4, 0.5) is 0 Å². The van der Waals surface area contributed by atoms with Gasteiger partial charge in [-0.25, -0.2) is 0 Å². The van der Waals surface area contributed by atoms with E-state index >= 15 is 0 Å². The van der Waals surface area contributed by atoms with Crippen molar-refractivity contribution in [3.63, 3.8) is 0 Å². The van der Waals surface area contributed by atoms with Crippen LogP contribution in [-0.2, 0) is 4.74 Å². The van der Waals surface area contributed by atoms with Crippen molar-refractivity contribution in [3.8, 4) is 0 Å². The predicted molar refractivity (Wildman–Crippen MR) is 61.1 cm³/mol. The van der Waals surface area contributed by atoms with E-state index in [2.05, 4.69) is 13.2 Å². The summed E-state index contributed by atoms with van der Waals surface area (Å²) in [6.07, 6.45) is 1.26. The lowest BCUT2D eigenvalue weighted by atomic mass is 10.1. The molecule has 2 atom stereocenters. The van der Waals surface area contributed by atoms with Crippen molar-refractivity contribution in [2.45, 2.75) is 26.7 Å². The van der Waals surface area contributed by atoms with Crippen molar-refractivity contribution < 1.29 is 14.9 Å². The number of hydrogen-bond donors (Lipinski definition) is 2. The summed E-state index contributed by atoms with van der Waals surface area (Å²) in [5.41, 5.74) is 0. The molecule has 3 heteroatoms. The lowest BCUT2D eigenvalue weighted by Gasteiger charge is -2.15. The third kappa shape index (κ3) is 7.17. The molecule has 2 N–H and O–H groups in total. The molecule has 3 nitrogen and oxygen atoms in total. The Hall–Kier alpha value is -0.800. The maximum Gasteiger partial charge on any atom is 0.0967 e. The molecule has 0 radical (unpaired) electrons. The summed E-state index contributed by atoms with van der Waals surface area (Å²) in [7, 11) is 0. The Bertz CT molecular complexity index is 189. The second-order valence-corrected chi connectivity index (χ2v) is 4.16. The zero-order chi connectivity index (χ0) is 11.8. The zero-order valence-electron chi connectivity index (χ0n) is 9.70. The largest absolute Gasteiger partial charge is 0.467 e. The van der Waals surface area contributed by atoms with Gasteiger partial charge in [-0.15, -0.1) is 0 Å². The van der Waals surface area contributed by atoms with E-state index in [4.69, 9.17) is 14.9 Å². The molecule has 0 bridgehead atoms. The lowest BCUT2D eigenvalue weighted by Crippen LogP contribution is -2.06. The van der Waals surface area contributed by atoms with Crippen molar-refractivity contribution in [3.05, 3.63) is 24.7 Å². The van der Waals surface area contributed by atoms with Crippen LogP contribution in [0.1, 0.15) is 26.7 Å². The van der Waals surface area contributed by atoms with Crippen LogP contribution in [-0.4, -0.2) is 23.4 Å². The molecule has 0 aliphatic carbocycles. The summed E-state index contributed by atoms with van der Waals surface area (Å²) in [5, 5.41) is 17.7. The van der Waals surface area contributed by atoms with Crippen LogP contribution in [0.2, 0.25) is 0 Å². The van der Waals surface area contributed by atoms with Gasteiger partial charge in [0.1, 0.15) is 0 Å². The maximum absolute atomic E-state index is 8.85. The zero-order valence-corrected chi connectivity index (χ0v) is 9.70. The van der Waals surface area contributed by atoms with Crippen molar-refractivity contribution in [2.75, 3.05) is 13.2 Å². The summed E-state index contributed by atoms with van der Waals surface area (Å²) < 4.78 is 5.38. The van der Waals surface area contributed by atoms with E-state index in [9.17, 15) is 0 Å². The highest BCUT2D eigenvalue weighted by atomic mass is 16.5. The fraction of sp³-hybridized carbons (Fsp3) is 0.667. The quantitative estimate of drug-likeness (QED) is 0.608. The Labute approximate surface area is 92.1 Å². The lowest BCUT2D eigenvalue weighted by molar-refractivity contribution is 0.190. The third-order valence-electron chi connectivity index (χ3n) is 2.06. The van der Waals surface area contributed by atoms with Crippen LogP contribution in [0.3, 0.4) is 0 Å². The van der Waals surface area contributed by atoms with Crippen LogP contribution in [0.25, 0.3) is 0 Å². The first-order chi connectivity index (χ1) is 6.99. The van der Waals surface area contributed by atoms with E-state index in [0.717, 1.165) is 0 Å². The number of rotatable bonds is 8. The third-order valence-corrected chi connectivity index (χ3v) is 2.06. The number of ether oxygens (including phenoxy) is 1. The smallest absolute Gasteiger partial charge is 0.0967 e. The molecule has 0 amide bonds. The maximum atomic E-state index is 8.85. The van der Waals surface area contributed by atoms with Crippen molar-refractivity contribution in [1.29, 1.82) is 0 Å².